The summed E-state index contributed by atoms with van der Waals surface area (Å²) in [6.45, 7) is 13.3. The van der Waals surface area contributed by atoms with Gasteiger partial charge in [-0.3, -0.25) is 9.97 Å². The van der Waals surface area contributed by atoms with Gasteiger partial charge in [0.2, 0.25) is 0 Å². The molecule has 0 fully saturated rings. The van der Waals surface area contributed by atoms with Crippen LogP contribution in [0.3, 0.4) is 0 Å². The number of thioether (sulfide) groups is 1. The van der Waals surface area contributed by atoms with Crippen molar-refractivity contribution in [1.82, 2.24) is 9.97 Å². The predicted molar refractivity (Wildman–Crippen MR) is 224 cm³/mol. The number of aryl methyl sites for hydroxylation is 1. The second-order valence-corrected chi connectivity index (χ2v) is 17.9. The van der Waals surface area contributed by atoms with Crippen LogP contribution in [-0.4, -0.2) is 23.1 Å². The van der Waals surface area contributed by atoms with Crippen LogP contribution < -0.4 is 16.2 Å². The van der Waals surface area contributed by atoms with Gasteiger partial charge in [0.15, 0.2) is 0 Å². The largest absolute Gasteiger partial charge is 0.422 e. The van der Waals surface area contributed by atoms with Crippen LogP contribution in [0.15, 0.2) is 110 Å². The maximum atomic E-state index is 13.8. The van der Waals surface area contributed by atoms with Gasteiger partial charge in [0.05, 0.1) is 40.2 Å². The fraction of sp³-hybridized carbons (Fsp3) is 0.277. The lowest BCUT2D eigenvalue weighted by molar-refractivity contribution is 0.398. The van der Waals surface area contributed by atoms with E-state index < -0.39 is 0 Å². The molecular weight excluding hydrogens is 703 g/mol. The van der Waals surface area contributed by atoms with E-state index in [1.54, 1.807) is 18.0 Å². The first-order valence-electron chi connectivity index (χ1n) is 19.1. The molecule has 0 radical (unpaired) electrons. The first-order valence-corrected chi connectivity index (χ1v) is 20.0. The van der Waals surface area contributed by atoms with Gasteiger partial charge >= 0.3 is 11.3 Å². The van der Waals surface area contributed by atoms with Crippen LogP contribution in [-0.2, 0) is 10.8 Å². The first-order chi connectivity index (χ1) is 26.5. The minimum Gasteiger partial charge on any atom is -0.422 e. The molecule has 274 valence electrons. The van der Waals surface area contributed by atoms with Crippen molar-refractivity contribution in [2.24, 2.45) is 0 Å². The molecule has 3 aliphatic heterocycles. The maximum Gasteiger partial charge on any atom is 0.344 e. The SMILES string of the molecule is Cc1c(C2=CCC(c3cnc(-c4cccc(-c5cc6cc7c8c(c6oc5=O)C(C)(C)CCN8CCC7(C)C)c4)cn3)S2)c(=O)oc2ccc3ccccc3c12. The van der Waals surface area contributed by atoms with Crippen LogP contribution >= 0.6 is 11.8 Å². The second kappa shape index (κ2) is 12.3. The summed E-state index contributed by atoms with van der Waals surface area (Å²) in [4.78, 5) is 40.2. The fourth-order valence-corrected chi connectivity index (χ4v) is 10.4. The molecule has 7 nitrogen and oxygen atoms in total. The number of allylic oxidation sites excluding steroid dienone is 1. The molecule has 8 heteroatoms. The summed E-state index contributed by atoms with van der Waals surface area (Å²) < 4.78 is 12.2. The molecule has 4 aromatic carbocycles. The molecule has 6 heterocycles. The van der Waals surface area contributed by atoms with E-state index in [1.165, 1.54) is 16.8 Å². The molecule has 0 amide bonds. The van der Waals surface area contributed by atoms with Gasteiger partial charge in [-0.1, -0.05) is 82.3 Å². The molecule has 0 saturated heterocycles. The van der Waals surface area contributed by atoms with Crippen LogP contribution in [0.1, 0.15) is 80.2 Å². The molecule has 3 aliphatic rings. The summed E-state index contributed by atoms with van der Waals surface area (Å²) in [5.74, 6) is 0. The van der Waals surface area contributed by atoms with Crippen LogP contribution in [0.5, 0.6) is 0 Å². The zero-order valence-electron chi connectivity index (χ0n) is 31.7. The molecular formula is C47H41N3O4S. The Morgan fingerprint density at radius 2 is 1.60 bits per heavy atom. The normalized spacial score (nSPS) is 18.5. The van der Waals surface area contributed by atoms with Gasteiger partial charge in [-0.15, -0.1) is 11.8 Å². The Morgan fingerprint density at radius 1 is 0.800 bits per heavy atom. The summed E-state index contributed by atoms with van der Waals surface area (Å²) in [7, 11) is 0. The lowest BCUT2D eigenvalue weighted by Crippen LogP contribution is -2.44. The van der Waals surface area contributed by atoms with Crippen LogP contribution in [0.25, 0.3) is 60.0 Å². The van der Waals surface area contributed by atoms with E-state index in [-0.39, 0.29) is 27.3 Å². The summed E-state index contributed by atoms with van der Waals surface area (Å²) in [6, 6.07) is 24.2. The van der Waals surface area contributed by atoms with E-state index in [2.05, 4.69) is 56.9 Å². The third-order valence-corrected chi connectivity index (χ3v) is 13.6. The van der Waals surface area contributed by atoms with Gasteiger partial charge in [0, 0.05) is 45.6 Å². The smallest absolute Gasteiger partial charge is 0.344 e. The zero-order valence-corrected chi connectivity index (χ0v) is 32.5. The lowest BCUT2D eigenvalue weighted by atomic mass is 9.69. The molecule has 0 bridgehead atoms. The van der Waals surface area contributed by atoms with Crippen molar-refractivity contribution in [1.29, 1.82) is 0 Å². The standard InChI is InChI=1S/C47H41N3O4S/c1-26-39-31-12-7-6-9-27(31)13-14-36(39)53-45(52)40(26)38-16-15-37(55-38)35-25-48-34(24-49-35)29-11-8-10-28(21-29)32-22-30-23-33-42-41(43(30)54-44(32)51)47(4,5)18-20-50(42)19-17-46(33,2)3/h6-14,16,21-25,37H,15,17-20H2,1-5H3. The van der Waals surface area contributed by atoms with Crippen molar-refractivity contribution in [3.8, 4) is 22.4 Å². The lowest BCUT2D eigenvalue weighted by Gasteiger charge is -2.48. The Kier molecular flexibility index (Phi) is 7.60. The van der Waals surface area contributed by atoms with E-state index in [1.807, 2.05) is 67.7 Å². The Hall–Kier alpha value is -5.47. The van der Waals surface area contributed by atoms with Gasteiger partial charge in [-0.25, -0.2) is 9.59 Å². The number of fused-ring (bicyclic) bond motifs is 5. The van der Waals surface area contributed by atoms with Crippen molar-refractivity contribution in [3.05, 3.63) is 140 Å². The van der Waals surface area contributed by atoms with Crippen molar-refractivity contribution < 1.29 is 8.83 Å². The van der Waals surface area contributed by atoms with Gasteiger partial charge in [0.1, 0.15) is 11.2 Å². The molecule has 0 aliphatic carbocycles. The zero-order chi connectivity index (χ0) is 37.8. The minimum atomic E-state index is -0.337. The van der Waals surface area contributed by atoms with E-state index in [0.717, 1.165) is 81.2 Å². The van der Waals surface area contributed by atoms with Gasteiger partial charge in [-0.2, -0.15) is 0 Å². The number of rotatable bonds is 4. The Balaban J connectivity index is 0.949. The van der Waals surface area contributed by atoms with E-state index in [4.69, 9.17) is 18.8 Å². The highest BCUT2D eigenvalue weighted by Crippen LogP contribution is 2.52. The van der Waals surface area contributed by atoms with E-state index in [0.29, 0.717) is 28.0 Å². The number of hydrogen-bond acceptors (Lipinski definition) is 8. The second-order valence-electron chi connectivity index (χ2n) is 16.6. The monoisotopic (exact) mass is 743 g/mol. The molecule has 0 N–H and O–H groups in total. The average molecular weight is 744 g/mol. The molecule has 1 unspecified atom stereocenters. The third kappa shape index (κ3) is 5.40. The third-order valence-electron chi connectivity index (χ3n) is 12.3. The number of hydrogen-bond donors (Lipinski definition) is 0. The number of benzene rings is 4. The van der Waals surface area contributed by atoms with Crippen LogP contribution in [0, 0.1) is 6.92 Å². The van der Waals surface area contributed by atoms with Gasteiger partial charge < -0.3 is 13.7 Å². The Labute approximate surface area is 323 Å². The highest BCUT2D eigenvalue weighted by Gasteiger charge is 2.42. The van der Waals surface area contributed by atoms with Crippen molar-refractivity contribution in [3.63, 3.8) is 0 Å². The highest BCUT2D eigenvalue weighted by atomic mass is 32.2. The summed E-state index contributed by atoms with van der Waals surface area (Å²) in [5.41, 5.74) is 9.63. The summed E-state index contributed by atoms with van der Waals surface area (Å²) >= 11 is 1.63. The Bertz CT molecular complexity index is 2900. The quantitative estimate of drug-likeness (QED) is 0.130. The molecule has 0 saturated carbocycles. The summed E-state index contributed by atoms with van der Waals surface area (Å²) in [5, 5.41) is 4.14. The molecule has 1 atom stereocenters. The van der Waals surface area contributed by atoms with Gasteiger partial charge in [0.25, 0.3) is 0 Å². The van der Waals surface area contributed by atoms with E-state index in [9.17, 15) is 9.59 Å². The van der Waals surface area contributed by atoms with Crippen molar-refractivity contribution >= 4 is 55.1 Å². The molecule has 10 rings (SSSR count). The molecule has 0 spiro atoms. The predicted octanol–water partition coefficient (Wildman–Crippen LogP) is 10.9. The van der Waals surface area contributed by atoms with Crippen molar-refractivity contribution in [2.45, 2.75) is 70.0 Å². The fourth-order valence-electron chi connectivity index (χ4n) is 9.10. The maximum absolute atomic E-state index is 13.8. The average Bonchev–Trinajstić information content (AvgIpc) is 3.66. The highest BCUT2D eigenvalue weighted by molar-refractivity contribution is 8.08. The molecule has 55 heavy (non-hydrogen) atoms. The number of anilines is 1. The van der Waals surface area contributed by atoms with E-state index >= 15 is 0 Å². The topological polar surface area (TPSA) is 89.4 Å². The summed E-state index contributed by atoms with van der Waals surface area (Å²) in [6.07, 6.45) is 8.57. The van der Waals surface area contributed by atoms with Gasteiger partial charge in [-0.05, 0) is 88.7 Å². The minimum absolute atomic E-state index is 0.0186. The number of nitrogens with zero attached hydrogens (tertiary/aromatic N) is 3. The Morgan fingerprint density at radius 3 is 2.42 bits per heavy atom. The van der Waals surface area contributed by atoms with Crippen molar-refractivity contribution in [2.75, 3.05) is 18.0 Å². The molecule has 7 aromatic rings. The molecule has 3 aromatic heterocycles. The van der Waals surface area contributed by atoms with Crippen LogP contribution in [0.4, 0.5) is 5.69 Å². The number of aromatic nitrogens is 2. The first kappa shape index (κ1) is 34.1. The van der Waals surface area contributed by atoms with Crippen LogP contribution in [0.2, 0.25) is 0 Å².